The topological polar surface area (TPSA) is 46.5 Å². The zero-order valence-corrected chi connectivity index (χ0v) is 10.3. The van der Waals surface area contributed by atoms with E-state index in [0.29, 0.717) is 0 Å². The molecule has 0 spiro atoms. The maximum atomic E-state index is 11.1. The predicted octanol–water partition coefficient (Wildman–Crippen LogP) is 2.94. The SMILES string of the molecule is Cc1ccc(OC2CCCC2C(=O)O)c(C)c1. The Morgan fingerprint density at radius 3 is 2.76 bits per heavy atom. The van der Waals surface area contributed by atoms with Crippen LogP contribution in [0.5, 0.6) is 5.75 Å². The maximum absolute atomic E-state index is 11.1. The van der Waals surface area contributed by atoms with Gasteiger partial charge in [0.25, 0.3) is 0 Å². The second-order valence-electron chi connectivity index (χ2n) is 4.80. The lowest BCUT2D eigenvalue weighted by Crippen LogP contribution is -2.28. The van der Waals surface area contributed by atoms with Crippen molar-refractivity contribution in [3.63, 3.8) is 0 Å². The first kappa shape index (κ1) is 12.0. The molecule has 2 atom stereocenters. The van der Waals surface area contributed by atoms with E-state index in [-0.39, 0.29) is 12.0 Å². The highest BCUT2D eigenvalue weighted by molar-refractivity contribution is 5.71. The van der Waals surface area contributed by atoms with E-state index < -0.39 is 5.97 Å². The Hall–Kier alpha value is -1.51. The van der Waals surface area contributed by atoms with Crippen LogP contribution >= 0.6 is 0 Å². The van der Waals surface area contributed by atoms with Crippen molar-refractivity contribution in [1.82, 2.24) is 0 Å². The molecule has 3 heteroatoms. The molecule has 2 unspecified atom stereocenters. The van der Waals surface area contributed by atoms with Crippen LogP contribution in [0.4, 0.5) is 0 Å². The third kappa shape index (κ3) is 2.60. The number of rotatable bonds is 3. The summed E-state index contributed by atoms with van der Waals surface area (Å²) in [7, 11) is 0. The van der Waals surface area contributed by atoms with Crippen molar-refractivity contribution < 1.29 is 14.6 Å². The van der Waals surface area contributed by atoms with Gasteiger partial charge in [-0.05, 0) is 44.7 Å². The van der Waals surface area contributed by atoms with Crippen molar-refractivity contribution in [3.05, 3.63) is 29.3 Å². The minimum absolute atomic E-state index is 0.172. The summed E-state index contributed by atoms with van der Waals surface area (Å²) >= 11 is 0. The number of aliphatic carboxylic acids is 1. The quantitative estimate of drug-likeness (QED) is 0.874. The Morgan fingerprint density at radius 2 is 2.12 bits per heavy atom. The average molecular weight is 234 g/mol. The molecule has 1 fully saturated rings. The molecule has 0 aliphatic heterocycles. The smallest absolute Gasteiger partial charge is 0.310 e. The molecule has 0 heterocycles. The number of hydrogen-bond acceptors (Lipinski definition) is 2. The van der Waals surface area contributed by atoms with Gasteiger partial charge in [0.15, 0.2) is 0 Å². The van der Waals surface area contributed by atoms with Crippen molar-refractivity contribution in [3.8, 4) is 5.75 Å². The van der Waals surface area contributed by atoms with Crippen LogP contribution in [-0.2, 0) is 4.79 Å². The molecule has 0 aromatic heterocycles. The number of benzene rings is 1. The van der Waals surface area contributed by atoms with Crippen molar-refractivity contribution in [2.45, 2.75) is 39.2 Å². The lowest BCUT2D eigenvalue weighted by molar-refractivity contribution is -0.144. The van der Waals surface area contributed by atoms with Crippen LogP contribution in [-0.4, -0.2) is 17.2 Å². The number of aryl methyl sites for hydroxylation is 2. The lowest BCUT2D eigenvalue weighted by atomic mass is 10.1. The van der Waals surface area contributed by atoms with Gasteiger partial charge in [-0.2, -0.15) is 0 Å². The summed E-state index contributed by atoms with van der Waals surface area (Å²) in [6, 6.07) is 5.98. The molecule has 2 rings (SSSR count). The molecular formula is C14H18O3. The fourth-order valence-electron chi connectivity index (χ4n) is 2.44. The second-order valence-corrected chi connectivity index (χ2v) is 4.80. The largest absolute Gasteiger partial charge is 0.489 e. The number of hydrogen-bond donors (Lipinski definition) is 1. The molecule has 0 saturated heterocycles. The normalized spacial score (nSPS) is 23.6. The van der Waals surface area contributed by atoms with Gasteiger partial charge in [-0.1, -0.05) is 17.7 Å². The molecule has 1 aromatic rings. The summed E-state index contributed by atoms with van der Waals surface area (Å²) in [6.45, 7) is 4.03. The van der Waals surface area contributed by atoms with E-state index in [1.54, 1.807) is 0 Å². The van der Waals surface area contributed by atoms with Crippen molar-refractivity contribution in [2.75, 3.05) is 0 Å². The third-order valence-corrected chi connectivity index (χ3v) is 3.38. The average Bonchev–Trinajstić information content (AvgIpc) is 2.70. The van der Waals surface area contributed by atoms with Gasteiger partial charge in [-0.25, -0.2) is 0 Å². The maximum Gasteiger partial charge on any atom is 0.310 e. The van der Waals surface area contributed by atoms with Gasteiger partial charge in [0.1, 0.15) is 11.9 Å². The van der Waals surface area contributed by atoms with Crippen LogP contribution in [0, 0.1) is 19.8 Å². The van der Waals surface area contributed by atoms with Crippen LogP contribution in [0.25, 0.3) is 0 Å². The summed E-state index contributed by atoms with van der Waals surface area (Å²) in [4.78, 5) is 11.1. The van der Waals surface area contributed by atoms with Gasteiger partial charge >= 0.3 is 5.97 Å². The summed E-state index contributed by atoms with van der Waals surface area (Å²) in [6.07, 6.45) is 2.33. The minimum atomic E-state index is -0.739. The van der Waals surface area contributed by atoms with Crippen LogP contribution < -0.4 is 4.74 Å². The molecule has 1 N–H and O–H groups in total. The fourth-order valence-corrected chi connectivity index (χ4v) is 2.44. The summed E-state index contributed by atoms with van der Waals surface area (Å²) in [5.41, 5.74) is 2.26. The summed E-state index contributed by atoms with van der Waals surface area (Å²) < 4.78 is 5.85. The Balaban J connectivity index is 2.12. The van der Waals surface area contributed by atoms with Crippen LogP contribution in [0.3, 0.4) is 0 Å². The Kier molecular flexibility index (Phi) is 3.36. The molecule has 0 amide bonds. The first-order valence-corrected chi connectivity index (χ1v) is 6.04. The van der Waals surface area contributed by atoms with Crippen LogP contribution in [0.1, 0.15) is 30.4 Å². The fraction of sp³-hybridized carbons (Fsp3) is 0.500. The molecule has 3 nitrogen and oxygen atoms in total. The monoisotopic (exact) mass is 234 g/mol. The van der Waals surface area contributed by atoms with E-state index in [4.69, 9.17) is 9.84 Å². The minimum Gasteiger partial charge on any atom is -0.489 e. The number of carbonyl (C=O) groups is 1. The molecule has 1 aromatic carbocycles. The van der Waals surface area contributed by atoms with Crippen molar-refractivity contribution in [1.29, 1.82) is 0 Å². The highest BCUT2D eigenvalue weighted by Gasteiger charge is 2.34. The highest BCUT2D eigenvalue weighted by atomic mass is 16.5. The summed E-state index contributed by atoms with van der Waals surface area (Å²) in [5, 5.41) is 9.10. The lowest BCUT2D eigenvalue weighted by Gasteiger charge is -2.19. The molecule has 17 heavy (non-hydrogen) atoms. The van der Waals surface area contributed by atoms with Crippen LogP contribution in [0.15, 0.2) is 18.2 Å². The van der Waals surface area contributed by atoms with Gasteiger partial charge in [-0.3, -0.25) is 4.79 Å². The number of carboxylic acids is 1. The van der Waals surface area contributed by atoms with E-state index in [9.17, 15) is 4.79 Å². The second kappa shape index (κ2) is 4.78. The molecule has 1 saturated carbocycles. The molecule has 1 aliphatic rings. The standard InChI is InChI=1S/C14H18O3/c1-9-6-7-12(10(2)8-9)17-13-5-3-4-11(13)14(15)16/h6-8,11,13H,3-5H2,1-2H3,(H,15,16). The van der Waals surface area contributed by atoms with Gasteiger partial charge in [0.05, 0.1) is 5.92 Å². The third-order valence-electron chi connectivity index (χ3n) is 3.38. The van der Waals surface area contributed by atoms with Gasteiger partial charge in [0.2, 0.25) is 0 Å². The van der Waals surface area contributed by atoms with E-state index in [1.807, 2.05) is 26.0 Å². The van der Waals surface area contributed by atoms with Gasteiger partial charge in [0, 0.05) is 0 Å². The molecule has 92 valence electrons. The number of carboxylic acid groups (broad SMARTS) is 1. The first-order valence-electron chi connectivity index (χ1n) is 6.04. The van der Waals surface area contributed by atoms with E-state index >= 15 is 0 Å². The van der Waals surface area contributed by atoms with Crippen molar-refractivity contribution in [2.24, 2.45) is 5.92 Å². The molecule has 1 aliphatic carbocycles. The zero-order chi connectivity index (χ0) is 12.4. The van der Waals surface area contributed by atoms with E-state index in [2.05, 4.69) is 6.07 Å². The summed E-state index contributed by atoms with van der Waals surface area (Å²) in [5.74, 6) is -0.276. The Labute approximate surface area is 101 Å². The van der Waals surface area contributed by atoms with Crippen molar-refractivity contribution >= 4 is 5.97 Å². The first-order chi connectivity index (χ1) is 8.08. The van der Waals surface area contributed by atoms with Crippen LogP contribution in [0.2, 0.25) is 0 Å². The highest BCUT2D eigenvalue weighted by Crippen LogP contribution is 2.31. The Bertz CT molecular complexity index is 425. The number of ether oxygens (including phenoxy) is 1. The predicted molar refractivity (Wildman–Crippen MR) is 65.3 cm³/mol. The van der Waals surface area contributed by atoms with E-state index in [1.165, 1.54) is 5.56 Å². The van der Waals surface area contributed by atoms with Gasteiger partial charge in [-0.15, -0.1) is 0 Å². The molecular weight excluding hydrogens is 216 g/mol. The zero-order valence-electron chi connectivity index (χ0n) is 10.3. The molecule has 0 radical (unpaired) electrons. The molecule has 0 bridgehead atoms. The van der Waals surface area contributed by atoms with Gasteiger partial charge < -0.3 is 9.84 Å². The van der Waals surface area contributed by atoms with E-state index in [0.717, 1.165) is 30.6 Å². The Morgan fingerprint density at radius 1 is 1.35 bits per heavy atom.